The fraction of sp³-hybridized carbons (Fsp3) is 0.591. The van der Waals surface area contributed by atoms with Crippen molar-refractivity contribution in [2.45, 2.75) is 38.5 Å². The van der Waals surface area contributed by atoms with Crippen molar-refractivity contribution < 1.29 is 9.59 Å². The van der Waals surface area contributed by atoms with E-state index in [0.29, 0.717) is 27.9 Å². The second kappa shape index (κ2) is 5.37. The van der Waals surface area contributed by atoms with E-state index in [4.69, 9.17) is 0 Å². The van der Waals surface area contributed by atoms with Crippen molar-refractivity contribution in [2.24, 2.45) is 28.6 Å². The number of hydrogen-bond acceptors (Lipinski definition) is 3. The molecule has 0 radical (unpaired) electrons. The van der Waals surface area contributed by atoms with Crippen LogP contribution < -0.4 is 10.6 Å². The monoisotopic (exact) mass is 378 g/mol. The fourth-order valence-electron chi connectivity index (χ4n) is 7.54. The number of amides is 2. The highest BCUT2D eigenvalue weighted by molar-refractivity contribution is 5.95. The van der Waals surface area contributed by atoms with Crippen molar-refractivity contribution in [1.29, 1.82) is 0 Å². The van der Waals surface area contributed by atoms with Gasteiger partial charge in [0.25, 0.3) is 11.8 Å². The van der Waals surface area contributed by atoms with Gasteiger partial charge in [-0.1, -0.05) is 6.07 Å². The minimum absolute atomic E-state index is 0.0768. The first-order valence-electron chi connectivity index (χ1n) is 10.5. The van der Waals surface area contributed by atoms with Gasteiger partial charge in [0.1, 0.15) is 17.0 Å². The number of hydrogen-bond donors (Lipinski definition) is 2. The third-order valence-corrected chi connectivity index (χ3v) is 8.40. The maximum Gasteiger partial charge on any atom is 0.271 e. The Morgan fingerprint density at radius 2 is 2.07 bits per heavy atom. The van der Waals surface area contributed by atoms with Crippen molar-refractivity contribution in [3.8, 4) is 0 Å². The van der Waals surface area contributed by atoms with Crippen LogP contribution in [0, 0.1) is 28.6 Å². The van der Waals surface area contributed by atoms with Crippen molar-refractivity contribution in [1.82, 2.24) is 20.0 Å². The third kappa shape index (κ3) is 2.06. The van der Waals surface area contributed by atoms with Gasteiger partial charge in [-0.05, 0) is 79.2 Å². The minimum Gasteiger partial charge on any atom is -0.354 e. The number of fused-ring (bicyclic) bond motifs is 3. The van der Waals surface area contributed by atoms with Gasteiger partial charge in [0.2, 0.25) is 0 Å². The zero-order chi connectivity index (χ0) is 19.1. The summed E-state index contributed by atoms with van der Waals surface area (Å²) in [6.45, 7) is 0.778. The predicted octanol–water partition coefficient (Wildman–Crippen LogP) is 2.64. The normalized spacial score (nSPS) is 37.0. The van der Waals surface area contributed by atoms with Crippen molar-refractivity contribution in [2.75, 3.05) is 13.6 Å². The van der Waals surface area contributed by atoms with Crippen molar-refractivity contribution in [3.63, 3.8) is 0 Å². The molecule has 0 aliphatic heterocycles. The van der Waals surface area contributed by atoms with Crippen LogP contribution in [0.3, 0.4) is 0 Å². The third-order valence-electron chi connectivity index (χ3n) is 8.40. The first-order valence-corrected chi connectivity index (χ1v) is 10.5. The van der Waals surface area contributed by atoms with Gasteiger partial charge in [-0.15, -0.1) is 0 Å². The summed E-state index contributed by atoms with van der Waals surface area (Å²) in [6.07, 6.45) is 9.87. The minimum atomic E-state index is -0.248. The summed E-state index contributed by atoms with van der Waals surface area (Å²) in [4.78, 5) is 29.3. The Balaban J connectivity index is 1.24. The van der Waals surface area contributed by atoms with E-state index in [2.05, 4.69) is 15.6 Å². The molecule has 28 heavy (non-hydrogen) atoms. The summed E-state index contributed by atoms with van der Waals surface area (Å²) in [5, 5.41) is 5.83. The maximum absolute atomic E-state index is 13.0. The van der Waals surface area contributed by atoms with Gasteiger partial charge in [-0.3, -0.25) is 14.0 Å². The predicted molar refractivity (Wildman–Crippen MR) is 104 cm³/mol. The van der Waals surface area contributed by atoms with Crippen LogP contribution in [0.4, 0.5) is 0 Å². The lowest BCUT2D eigenvalue weighted by Crippen LogP contribution is -2.43. The molecule has 4 aliphatic carbocycles. The molecule has 6 heteroatoms. The van der Waals surface area contributed by atoms with Crippen LogP contribution in [0.5, 0.6) is 0 Å². The zero-order valence-corrected chi connectivity index (χ0v) is 16.2. The molecule has 2 heterocycles. The van der Waals surface area contributed by atoms with E-state index in [1.165, 1.54) is 38.5 Å². The molecule has 0 aromatic carbocycles. The summed E-state index contributed by atoms with van der Waals surface area (Å²) in [5.41, 5.74) is 2.42. The quantitative estimate of drug-likeness (QED) is 0.859. The Hall–Kier alpha value is -2.37. The summed E-state index contributed by atoms with van der Waals surface area (Å²) < 4.78 is 1.72. The molecule has 4 aliphatic rings. The molecule has 2 aromatic rings. The Morgan fingerprint density at radius 3 is 2.93 bits per heavy atom. The van der Waals surface area contributed by atoms with Gasteiger partial charge in [0.05, 0.1) is 0 Å². The number of aromatic nitrogens is 2. The van der Waals surface area contributed by atoms with Gasteiger partial charge in [-0.2, -0.15) is 0 Å². The summed E-state index contributed by atoms with van der Waals surface area (Å²) >= 11 is 0. The van der Waals surface area contributed by atoms with Crippen LogP contribution in [-0.4, -0.2) is 34.8 Å². The Morgan fingerprint density at radius 1 is 1.18 bits per heavy atom. The number of rotatable bonds is 4. The number of carbonyl (C=O) groups is 2. The summed E-state index contributed by atoms with van der Waals surface area (Å²) in [7, 11) is 1.58. The SMILES string of the molecule is CNC(=O)c1cn2c(C(=O)NCC34CC5CC6CC(C3)C6(C5)C4)cccc2n1. The van der Waals surface area contributed by atoms with Crippen LogP contribution in [0.15, 0.2) is 24.4 Å². The van der Waals surface area contributed by atoms with Crippen LogP contribution in [0.25, 0.3) is 5.65 Å². The molecule has 2 N–H and O–H groups in total. The second-order valence-electron chi connectivity index (χ2n) is 9.78. The highest BCUT2D eigenvalue weighted by atomic mass is 16.2. The maximum atomic E-state index is 13.0. The highest BCUT2D eigenvalue weighted by Crippen LogP contribution is 2.78. The molecule has 1 spiro atoms. The molecule has 5 unspecified atom stereocenters. The van der Waals surface area contributed by atoms with Crippen molar-refractivity contribution in [3.05, 3.63) is 35.8 Å². The largest absolute Gasteiger partial charge is 0.354 e. The number of nitrogens with one attached hydrogen (secondary N) is 2. The highest BCUT2D eigenvalue weighted by Gasteiger charge is 2.70. The van der Waals surface area contributed by atoms with E-state index in [1.807, 2.05) is 12.1 Å². The zero-order valence-electron chi connectivity index (χ0n) is 16.2. The first kappa shape index (κ1) is 16.6. The van der Waals surface area contributed by atoms with Gasteiger partial charge >= 0.3 is 0 Å². The Bertz CT molecular complexity index is 1010. The molecular formula is C22H26N4O2. The molecule has 2 aromatic heterocycles. The first-order chi connectivity index (χ1) is 13.5. The van der Waals surface area contributed by atoms with E-state index in [9.17, 15) is 9.59 Å². The number of carbonyl (C=O) groups excluding carboxylic acids is 2. The van der Waals surface area contributed by atoms with Crippen LogP contribution in [-0.2, 0) is 0 Å². The number of imidazole rings is 1. The average Bonchev–Trinajstić information content (AvgIpc) is 3.27. The number of nitrogens with zero attached hydrogens (tertiary/aromatic N) is 2. The van der Waals surface area contributed by atoms with Gasteiger partial charge in [0.15, 0.2) is 0 Å². The fourth-order valence-corrected chi connectivity index (χ4v) is 7.54. The molecule has 2 amide bonds. The van der Waals surface area contributed by atoms with E-state index >= 15 is 0 Å². The molecule has 5 atom stereocenters. The molecule has 6 nitrogen and oxygen atoms in total. The molecule has 4 fully saturated rings. The lowest BCUT2D eigenvalue weighted by molar-refractivity contribution is -0.00254. The molecule has 3 bridgehead atoms. The lowest BCUT2D eigenvalue weighted by atomic mass is 9.55. The van der Waals surface area contributed by atoms with Gasteiger partial charge in [0, 0.05) is 19.8 Å². The molecule has 6 rings (SSSR count). The second-order valence-corrected chi connectivity index (χ2v) is 9.78. The van der Waals surface area contributed by atoms with E-state index in [-0.39, 0.29) is 11.8 Å². The Labute approximate surface area is 164 Å². The average molecular weight is 378 g/mol. The molecule has 0 saturated heterocycles. The molecule has 146 valence electrons. The van der Waals surface area contributed by atoms with E-state index in [1.54, 1.807) is 23.7 Å². The molecule has 4 saturated carbocycles. The lowest BCUT2D eigenvalue weighted by Gasteiger charge is -2.49. The van der Waals surface area contributed by atoms with Crippen LogP contribution >= 0.6 is 0 Å². The van der Waals surface area contributed by atoms with Crippen LogP contribution in [0.2, 0.25) is 0 Å². The van der Waals surface area contributed by atoms with Crippen LogP contribution in [0.1, 0.15) is 59.5 Å². The summed E-state index contributed by atoms with van der Waals surface area (Å²) in [6, 6.07) is 5.44. The topological polar surface area (TPSA) is 75.5 Å². The van der Waals surface area contributed by atoms with E-state index < -0.39 is 0 Å². The van der Waals surface area contributed by atoms with Gasteiger partial charge in [-0.25, -0.2) is 4.98 Å². The van der Waals surface area contributed by atoms with Crippen molar-refractivity contribution >= 4 is 17.5 Å². The number of pyridine rings is 1. The summed E-state index contributed by atoms with van der Waals surface area (Å²) in [5.74, 6) is 2.45. The smallest absolute Gasteiger partial charge is 0.271 e. The Kier molecular flexibility index (Phi) is 3.18. The van der Waals surface area contributed by atoms with Gasteiger partial charge < -0.3 is 10.6 Å². The molecular weight excluding hydrogens is 352 g/mol. The standard InChI is InChI=1S/C22H26N4O2/c1-23-19(27)16-10-26-17(3-2-4-18(26)25-16)20(28)24-12-21-7-13-5-14-6-15(9-21)22(14,8-13)11-21/h2-4,10,13-15H,5-9,11-12H2,1H3,(H,23,27)(H,24,28). The van der Waals surface area contributed by atoms with E-state index in [0.717, 1.165) is 24.3 Å².